The van der Waals surface area contributed by atoms with Crippen LogP contribution in [-0.2, 0) is 0 Å². The topological polar surface area (TPSA) is 81.3 Å². The van der Waals surface area contributed by atoms with Gasteiger partial charge in [-0.15, -0.1) is 0 Å². The molecule has 5 rings (SSSR count). The van der Waals surface area contributed by atoms with Crippen LogP contribution in [0.25, 0.3) is 22.1 Å². The fourth-order valence-corrected chi connectivity index (χ4v) is 4.39. The van der Waals surface area contributed by atoms with E-state index < -0.39 is 23.7 Å². The molecule has 1 atom stereocenters. The number of para-hydroxylation sites is 1. The van der Waals surface area contributed by atoms with Crippen molar-refractivity contribution in [1.29, 1.82) is 0 Å². The number of alkyl halides is 3. The van der Waals surface area contributed by atoms with Crippen LogP contribution in [0.2, 0.25) is 0 Å². The molecule has 2 aromatic carbocycles. The molecule has 10 heteroatoms. The predicted octanol–water partition coefficient (Wildman–Crippen LogP) is 4.75. The molecule has 3 aromatic heterocycles. The maximum Gasteiger partial charge on any atom is 0.458 e. The molecule has 0 saturated heterocycles. The largest absolute Gasteiger partial charge is 0.458 e. The fraction of sp³-hybridized carbons (Fsp3) is 0.143. The molecule has 1 amide bonds. The fourth-order valence-electron chi connectivity index (χ4n) is 4.39. The number of carbonyl (C=O) groups is 1. The molecule has 0 fully saturated rings. The molecule has 5 aromatic rings. The second-order valence-corrected chi connectivity index (χ2v) is 8.61. The van der Waals surface area contributed by atoms with Crippen molar-refractivity contribution >= 4 is 22.3 Å². The normalized spacial score (nSPS) is 12.2. The first kappa shape index (κ1) is 24.8. The molecule has 0 aliphatic heterocycles. The average Bonchev–Trinajstić information content (AvgIpc) is 3.23. The Morgan fingerprint density at radius 3 is 2.58 bits per heavy atom. The van der Waals surface area contributed by atoms with Crippen molar-refractivity contribution in [2.24, 2.45) is 0 Å². The summed E-state index contributed by atoms with van der Waals surface area (Å²) < 4.78 is 41.3. The number of fused-ring (bicyclic) bond motifs is 2. The van der Waals surface area contributed by atoms with E-state index in [1.807, 2.05) is 0 Å². The van der Waals surface area contributed by atoms with Gasteiger partial charge >= 0.3 is 6.18 Å². The lowest BCUT2D eigenvalue weighted by molar-refractivity contribution is -0.0696. The predicted molar refractivity (Wildman–Crippen MR) is 136 cm³/mol. The maximum atomic E-state index is 13.8. The van der Waals surface area contributed by atoms with Crippen LogP contribution in [0, 0.1) is 18.8 Å². The van der Waals surface area contributed by atoms with E-state index in [0.717, 1.165) is 0 Å². The Balaban J connectivity index is 1.66. The maximum absolute atomic E-state index is 13.8. The van der Waals surface area contributed by atoms with Crippen LogP contribution in [0.1, 0.15) is 40.3 Å². The Bertz CT molecular complexity index is 1810. The first-order chi connectivity index (χ1) is 18.1. The first-order valence-corrected chi connectivity index (χ1v) is 11.6. The zero-order valence-corrected chi connectivity index (χ0v) is 20.2. The van der Waals surface area contributed by atoms with E-state index in [9.17, 15) is 22.8 Å². The minimum absolute atomic E-state index is 0.0363. The number of benzene rings is 2. The van der Waals surface area contributed by atoms with E-state index in [4.69, 9.17) is 0 Å². The van der Waals surface area contributed by atoms with Crippen LogP contribution in [0.4, 0.5) is 13.2 Å². The first-order valence-electron chi connectivity index (χ1n) is 11.6. The molecule has 0 unspecified atom stereocenters. The van der Waals surface area contributed by atoms with Crippen LogP contribution in [-0.4, -0.2) is 31.2 Å². The van der Waals surface area contributed by atoms with E-state index in [1.54, 1.807) is 74.8 Å². The van der Waals surface area contributed by atoms with Crippen molar-refractivity contribution in [3.63, 3.8) is 0 Å². The highest BCUT2D eigenvalue weighted by molar-refractivity contribution is 6.01. The van der Waals surface area contributed by atoms with Crippen molar-refractivity contribution in [3.8, 4) is 17.5 Å². The summed E-state index contributed by atoms with van der Waals surface area (Å²) in [6, 6.07) is 15.9. The summed E-state index contributed by atoms with van der Waals surface area (Å²) in [6.07, 6.45) is -1.46. The standard InChI is InChI=1S/C28H20F3N5O2/c1-17(33-26(37)23-18(2)34-35-15-7-14-32-25(23)35)22-16-20-9-6-8-19(12-13-28(29,30)31)24(20)27(38)36(22)21-10-4-3-5-11-21/h3-11,14-17H,1-2H3,(H,33,37)/t17-/m0/s1. The molecule has 0 saturated carbocycles. The Morgan fingerprint density at radius 2 is 1.84 bits per heavy atom. The Kier molecular flexibility index (Phi) is 6.20. The van der Waals surface area contributed by atoms with Crippen molar-refractivity contribution in [1.82, 2.24) is 24.5 Å². The van der Waals surface area contributed by atoms with Gasteiger partial charge in [0.05, 0.1) is 17.1 Å². The van der Waals surface area contributed by atoms with Crippen LogP contribution in [0.15, 0.2) is 77.9 Å². The number of hydrogen-bond donors (Lipinski definition) is 1. The van der Waals surface area contributed by atoms with Gasteiger partial charge in [0, 0.05) is 35.3 Å². The van der Waals surface area contributed by atoms with Crippen molar-refractivity contribution in [2.45, 2.75) is 26.1 Å². The quantitative estimate of drug-likeness (QED) is 0.351. The summed E-state index contributed by atoms with van der Waals surface area (Å²) in [5.74, 6) is 2.91. The highest BCUT2D eigenvalue weighted by Gasteiger charge is 2.25. The number of nitrogens with zero attached hydrogens (tertiary/aromatic N) is 4. The van der Waals surface area contributed by atoms with Gasteiger partial charge < -0.3 is 5.32 Å². The molecular weight excluding hydrogens is 495 g/mol. The molecule has 0 bridgehead atoms. The molecule has 0 radical (unpaired) electrons. The number of halogens is 3. The molecule has 38 heavy (non-hydrogen) atoms. The molecule has 7 nitrogen and oxygen atoms in total. The number of amides is 1. The van der Waals surface area contributed by atoms with E-state index in [2.05, 4.69) is 21.3 Å². The lowest BCUT2D eigenvalue weighted by atomic mass is 10.0. The highest BCUT2D eigenvalue weighted by Crippen LogP contribution is 2.24. The third kappa shape index (κ3) is 4.62. The molecule has 1 N–H and O–H groups in total. The molecule has 0 aliphatic rings. The van der Waals surface area contributed by atoms with E-state index in [-0.39, 0.29) is 10.9 Å². The van der Waals surface area contributed by atoms with Gasteiger partial charge in [0.15, 0.2) is 5.65 Å². The summed E-state index contributed by atoms with van der Waals surface area (Å²) in [4.78, 5) is 31.4. The Morgan fingerprint density at radius 1 is 1.08 bits per heavy atom. The second kappa shape index (κ2) is 9.52. The van der Waals surface area contributed by atoms with Crippen LogP contribution in [0.3, 0.4) is 0 Å². The van der Waals surface area contributed by atoms with Crippen LogP contribution in [0.5, 0.6) is 0 Å². The Labute approximate surface area is 214 Å². The van der Waals surface area contributed by atoms with Gasteiger partial charge in [-0.3, -0.25) is 14.2 Å². The molecule has 3 heterocycles. The summed E-state index contributed by atoms with van der Waals surface area (Å²) in [6.45, 7) is 3.42. The van der Waals surface area contributed by atoms with E-state index in [1.165, 1.54) is 27.1 Å². The summed E-state index contributed by atoms with van der Waals surface area (Å²) in [5, 5.41) is 7.71. The van der Waals surface area contributed by atoms with Gasteiger partial charge in [0.2, 0.25) is 0 Å². The van der Waals surface area contributed by atoms with Gasteiger partial charge in [-0.05, 0) is 49.6 Å². The monoisotopic (exact) mass is 515 g/mol. The number of nitrogens with one attached hydrogen (secondary N) is 1. The number of rotatable bonds is 4. The minimum Gasteiger partial charge on any atom is -0.344 e. The van der Waals surface area contributed by atoms with Crippen LogP contribution < -0.4 is 10.9 Å². The van der Waals surface area contributed by atoms with Crippen molar-refractivity contribution in [2.75, 3.05) is 0 Å². The molecule has 0 aliphatic carbocycles. The lowest BCUT2D eigenvalue weighted by Gasteiger charge is -2.21. The smallest absolute Gasteiger partial charge is 0.344 e. The van der Waals surface area contributed by atoms with Crippen molar-refractivity contribution < 1.29 is 18.0 Å². The van der Waals surface area contributed by atoms with E-state index in [0.29, 0.717) is 33.7 Å². The molecule has 190 valence electrons. The van der Waals surface area contributed by atoms with Crippen molar-refractivity contribution in [3.05, 3.63) is 106 Å². The van der Waals surface area contributed by atoms with Gasteiger partial charge in [-0.25, -0.2) is 9.50 Å². The van der Waals surface area contributed by atoms with Crippen LogP contribution >= 0.6 is 0 Å². The zero-order valence-electron chi connectivity index (χ0n) is 20.2. The number of pyridine rings is 1. The van der Waals surface area contributed by atoms with Gasteiger partial charge in [-0.2, -0.15) is 18.3 Å². The third-order valence-electron chi connectivity index (χ3n) is 6.02. The van der Waals surface area contributed by atoms with E-state index >= 15 is 0 Å². The summed E-state index contributed by atoms with van der Waals surface area (Å²) in [5.41, 5.74) is 1.52. The molecule has 0 spiro atoms. The average molecular weight is 515 g/mol. The minimum atomic E-state index is -4.70. The zero-order chi connectivity index (χ0) is 27.0. The third-order valence-corrected chi connectivity index (χ3v) is 6.02. The summed E-state index contributed by atoms with van der Waals surface area (Å²) in [7, 11) is 0. The second-order valence-electron chi connectivity index (χ2n) is 8.61. The van der Waals surface area contributed by atoms with Gasteiger partial charge in [0.25, 0.3) is 11.5 Å². The van der Waals surface area contributed by atoms with Gasteiger partial charge in [0.1, 0.15) is 5.56 Å². The number of hydrogen-bond acceptors (Lipinski definition) is 4. The molecular formula is C28H20F3N5O2. The number of aryl methyl sites for hydroxylation is 1. The van der Waals surface area contributed by atoms with Gasteiger partial charge in [-0.1, -0.05) is 36.3 Å². The lowest BCUT2D eigenvalue weighted by Crippen LogP contribution is -2.32. The highest BCUT2D eigenvalue weighted by atomic mass is 19.4. The number of carbonyl (C=O) groups excluding carboxylic acids is 1. The SMILES string of the molecule is Cc1nn2cccnc2c1C(=O)N[C@@H](C)c1cc2cccc(C#CC(F)(F)F)c2c(=O)n1-c1ccccc1. The number of aromatic nitrogens is 4. The Hall–Kier alpha value is -4.91. The summed E-state index contributed by atoms with van der Waals surface area (Å²) >= 11 is 0.